The van der Waals surface area contributed by atoms with Crippen molar-refractivity contribution < 1.29 is 15.3 Å². The van der Waals surface area contributed by atoms with Crippen molar-refractivity contribution in [3.63, 3.8) is 0 Å². The molecule has 3 N–H and O–H groups in total. The molecule has 158 valence electrons. The first-order valence-corrected chi connectivity index (χ1v) is 23.4. The number of aliphatic hydroxyl groups excluding tert-OH is 3. The van der Waals surface area contributed by atoms with Crippen LogP contribution in [0.2, 0.25) is 76.6 Å². The number of hydrogen-bond donors (Lipinski definition) is 3. The second-order valence-electron chi connectivity index (χ2n) is 11.8. The third kappa shape index (κ3) is 3.65. The Labute approximate surface area is 170 Å². The molecule has 0 aromatic heterocycles. The minimum atomic E-state index is -1.58. The van der Waals surface area contributed by atoms with E-state index < -0.39 is 51.3 Å². The Morgan fingerprint density at radius 3 is 1.04 bits per heavy atom. The molecule has 27 heavy (non-hydrogen) atoms. The van der Waals surface area contributed by atoms with Gasteiger partial charge in [-0.15, -0.1) is 0 Å². The van der Waals surface area contributed by atoms with E-state index in [0.717, 1.165) is 6.42 Å². The molecule has 1 saturated carbocycles. The van der Waals surface area contributed by atoms with E-state index in [1.54, 1.807) is 0 Å². The van der Waals surface area contributed by atoms with Gasteiger partial charge in [0, 0.05) is 12.1 Å². The Kier molecular flexibility index (Phi) is 5.67. The van der Waals surface area contributed by atoms with Gasteiger partial charge in [0.05, 0.1) is 12.2 Å². The van der Waals surface area contributed by atoms with Gasteiger partial charge in [0.15, 0.2) is 0 Å². The first-order valence-electron chi connectivity index (χ1n) is 10.7. The molecular formula is C18H42N2O3Si4. The molecule has 2 saturated heterocycles. The topological polar surface area (TPSA) is 67.2 Å². The summed E-state index contributed by atoms with van der Waals surface area (Å²) in [5, 5.41) is 33.0. The van der Waals surface area contributed by atoms with E-state index in [0.29, 0.717) is 0 Å². The van der Waals surface area contributed by atoms with Crippen LogP contribution < -0.4 is 0 Å². The molecule has 0 bridgehead atoms. The highest BCUT2D eigenvalue weighted by Gasteiger charge is 2.59. The molecule has 0 amide bonds. The molecule has 2 heterocycles. The summed E-state index contributed by atoms with van der Waals surface area (Å²) in [5.74, 6) is 0. The van der Waals surface area contributed by atoms with Crippen molar-refractivity contribution in [1.29, 1.82) is 0 Å². The van der Waals surface area contributed by atoms with Crippen LogP contribution in [0.4, 0.5) is 0 Å². The van der Waals surface area contributed by atoms with E-state index in [4.69, 9.17) is 0 Å². The Morgan fingerprint density at radius 1 is 0.519 bits per heavy atom. The van der Waals surface area contributed by atoms with Gasteiger partial charge < -0.3 is 23.8 Å². The first-order chi connectivity index (χ1) is 12.1. The van der Waals surface area contributed by atoms with Crippen molar-refractivity contribution in [2.45, 2.75) is 113 Å². The first kappa shape index (κ1) is 22.4. The second kappa shape index (κ2) is 6.84. The van der Waals surface area contributed by atoms with Crippen LogP contribution in [0.15, 0.2) is 0 Å². The van der Waals surface area contributed by atoms with Crippen molar-refractivity contribution >= 4 is 32.9 Å². The zero-order chi connectivity index (χ0) is 20.6. The summed E-state index contributed by atoms with van der Waals surface area (Å²) in [4.78, 5) is 0. The average Bonchev–Trinajstić information content (AvgIpc) is 2.87. The lowest BCUT2D eigenvalue weighted by molar-refractivity contribution is -0.123. The maximum absolute atomic E-state index is 11.1. The number of nitrogens with zero attached hydrogens (tertiary/aromatic N) is 2. The molecule has 1 aliphatic carbocycles. The van der Waals surface area contributed by atoms with Crippen LogP contribution in [-0.2, 0) is 0 Å². The molecule has 3 fully saturated rings. The standard InChI is InChI=1S/C18H42N2O3Si4/c1-24(2)9-10-25(3,4)19(24)14-13-15(17(22)18(23)16(14)21)20-26(5,6)11-12-27(20,7)8/h14-18,21-23H,9-13H2,1-8H3. The smallest absolute Gasteiger partial charge is 0.115 e. The number of aliphatic hydroxyl groups is 3. The lowest BCUT2D eigenvalue weighted by Gasteiger charge is -2.56. The van der Waals surface area contributed by atoms with Crippen LogP contribution in [0.1, 0.15) is 6.42 Å². The zero-order valence-corrected chi connectivity index (χ0v) is 22.7. The van der Waals surface area contributed by atoms with Crippen molar-refractivity contribution in [3.8, 4) is 0 Å². The van der Waals surface area contributed by atoms with Gasteiger partial charge in [-0.1, -0.05) is 52.4 Å². The van der Waals surface area contributed by atoms with Gasteiger partial charge in [0.25, 0.3) is 0 Å². The molecule has 9 heteroatoms. The van der Waals surface area contributed by atoms with Gasteiger partial charge in [0.2, 0.25) is 0 Å². The lowest BCUT2D eigenvalue weighted by atomic mass is 9.85. The maximum Gasteiger partial charge on any atom is 0.115 e. The van der Waals surface area contributed by atoms with Crippen LogP contribution in [0.3, 0.4) is 0 Å². The van der Waals surface area contributed by atoms with Gasteiger partial charge in [-0.2, -0.15) is 0 Å². The van der Waals surface area contributed by atoms with E-state index in [9.17, 15) is 15.3 Å². The van der Waals surface area contributed by atoms with E-state index >= 15 is 0 Å². The molecule has 0 aromatic rings. The third-order valence-electron chi connectivity index (χ3n) is 7.94. The van der Waals surface area contributed by atoms with Crippen molar-refractivity contribution in [2.24, 2.45) is 0 Å². The molecule has 4 unspecified atom stereocenters. The van der Waals surface area contributed by atoms with Crippen LogP contribution in [0.5, 0.6) is 0 Å². The third-order valence-corrected chi connectivity index (χ3v) is 28.6. The van der Waals surface area contributed by atoms with E-state index in [1.807, 2.05) is 0 Å². The molecule has 0 spiro atoms. The Morgan fingerprint density at radius 2 is 0.778 bits per heavy atom. The summed E-state index contributed by atoms with van der Waals surface area (Å²) >= 11 is 0. The van der Waals surface area contributed by atoms with Crippen LogP contribution in [-0.4, -0.2) is 87.1 Å². The van der Waals surface area contributed by atoms with Crippen LogP contribution in [0, 0.1) is 0 Å². The summed E-state index contributed by atoms with van der Waals surface area (Å²) < 4.78 is 5.48. The van der Waals surface area contributed by atoms with Gasteiger partial charge in [-0.25, -0.2) is 0 Å². The molecule has 3 aliphatic rings. The van der Waals surface area contributed by atoms with Gasteiger partial charge in [0.1, 0.15) is 39.0 Å². The zero-order valence-electron chi connectivity index (χ0n) is 18.7. The molecule has 0 aromatic carbocycles. The molecule has 4 atom stereocenters. The predicted molar refractivity (Wildman–Crippen MR) is 123 cm³/mol. The van der Waals surface area contributed by atoms with Gasteiger partial charge in [-0.05, 0) is 30.6 Å². The fourth-order valence-corrected chi connectivity index (χ4v) is 36.7. The quantitative estimate of drug-likeness (QED) is 0.569. The Bertz CT molecular complexity index is 507. The van der Waals surface area contributed by atoms with Crippen LogP contribution >= 0.6 is 0 Å². The fourth-order valence-electron chi connectivity index (χ4n) is 6.84. The average molecular weight is 447 g/mol. The minimum Gasteiger partial charge on any atom is -0.389 e. The second-order valence-corrected chi connectivity index (χ2v) is 31.2. The summed E-state index contributed by atoms with van der Waals surface area (Å²) in [6, 6.07) is 5.20. The maximum atomic E-state index is 11.1. The van der Waals surface area contributed by atoms with Crippen molar-refractivity contribution in [3.05, 3.63) is 0 Å². The SMILES string of the molecule is C[Si]1(C)CC[Si](C)(C)N1C1CC(N2[Si](C)(C)CC[Si]2(C)C)C(O)C(O)C1O. The summed E-state index contributed by atoms with van der Waals surface area (Å²) in [7, 11) is -6.32. The van der Waals surface area contributed by atoms with Crippen LogP contribution in [0.25, 0.3) is 0 Å². The van der Waals surface area contributed by atoms with Gasteiger partial charge >= 0.3 is 0 Å². The molecule has 2 aliphatic heterocycles. The number of rotatable bonds is 2. The highest BCUT2D eigenvalue weighted by atomic mass is 28.4. The summed E-state index contributed by atoms with van der Waals surface area (Å²) in [5.41, 5.74) is 0. The molecule has 3 rings (SSSR count). The highest BCUT2D eigenvalue weighted by Crippen LogP contribution is 2.46. The van der Waals surface area contributed by atoms with E-state index in [2.05, 4.69) is 60.8 Å². The summed E-state index contributed by atoms with van der Waals surface area (Å²) in [6.45, 7) is 19.5. The monoisotopic (exact) mass is 446 g/mol. The Balaban J connectivity index is 1.99. The molecule has 5 nitrogen and oxygen atoms in total. The molecular weight excluding hydrogens is 405 g/mol. The van der Waals surface area contributed by atoms with E-state index in [-0.39, 0.29) is 12.1 Å². The Hall–Kier alpha value is 0.668. The van der Waals surface area contributed by atoms with Crippen molar-refractivity contribution in [1.82, 2.24) is 8.46 Å². The van der Waals surface area contributed by atoms with E-state index in [1.165, 1.54) is 24.2 Å². The highest BCUT2D eigenvalue weighted by molar-refractivity contribution is 6.96. The molecule has 0 radical (unpaired) electrons. The lowest BCUT2D eigenvalue weighted by Crippen LogP contribution is -2.73. The number of hydrogen-bond acceptors (Lipinski definition) is 5. The predicted octanol–water partition coefficient (Wildman–Crippen LogP) is 2.66. The van der Waals surface area contributed by atoms with Crippen molar-refractivity contribution in [2.75, 3.05) is 0 Å². The largest absolute Gasteiger partial charge is 0.389 e. The normalized spacial score (nSPS) is 43.9. The summed E-state index contributed by atoms with van der Waals surface area (Å²) in [6.07, 6.45) is -1.87. The fraction of sp³-hybridized carbons (Fsp3) is 1.00. The van der Waals surface area contributed by atoms with Gasteiger partial charge in [-0.3, -0.25) is 0 Å². The minimum absolute atomic E-state index is 0.00873.